The highest BCUT2D eigenvalue weighted by Crippen LogP contribution is 2.25. The molecule has 0 radical (unpaired) electrons. The third-order valence-electron chi connectivity index (χ3n) is 3.79. The second-order valence-electron chi connectivity index (χ2n) is 5.89. The lowest BCUT2D eigenvalue weighted by molar-refractivity contribution is 0.0632. The average molecular weight is 319 g/mol. The van der Waals surface area contributed by atoms with Gasteiger partial charge in [0.05, 0.1) is 12.3 Å². The molecule has 1 aliphatic heterocycles. The van der Waals surface area contributed by atoms with E-state index < -0.39 is 0 Å². The van der Waals surface area contributed by atoms with Gasteiger partial charge in [0.2, 0.25) is 0 Å². The Kier molecular flexibility index (Phi) is 6.85. The number of ether oxygens (including phenoxy) is 1. The maximum atomic E-state index is 5.98. The Bertz CT molecular complexity index is 503. The molecule has 6 heteroatoms. The summed E-state index contributed by atoms with van der Waals surface area (Å²) in [6.07, 6.45) is -0.103. The number of hydrogen-bond donors (Lipinski definition) is 3. The third kappa shape index (κ3) is 4.94. The molecule has 0 bridgehead atoms. The Morgan fingerprint density at radius 3 is 2.61 bits per heavy atom. The van der Waals surface area contributed by atoms with Crippen LogP contribution in [0.2, 0.25) is 0 Å². The van der Waals surface area contributed by atoms with E-state index in [4.69, 9.17) is 4.74 Å². The zero-order valence-corrected chi connectivity index (χ0v) is 14.6. The van der Waals surface area contributed by atoms with E-state index in [1.807, 2.05) is 30.3 Å². The van der Waals surface area contributed by atoms with Gasteiger partial charge in [0.25, 0.3) is 0 Å². The summed E-state index contributed by atoms with van der Waals surface area (Å²) in [4.78, 5) is 2.16. The second kappa shape index (κ2) is 8.88. The van der Waals surface area contributed by atoms with Crippen molar-refractivity contribution >= 4 is 5.69 Å². The van der Waals surface area contributed by atoms with Gasteiger partial charge in [0.1, 0.15) is 5.82 Å². The molecule has 23 heavy (non-hydrogen) atoms. The van der Waals surface area contributed by atoms with Crippen molar-refractivity contribution < 1.29 is 4.74 Å². The number of rotatable bonds is 9. The lowest BCUT2D eigenvalue weighted by Gasteiger charge is -2.23. The van der Waals surface area contributed by atoms with Gasteiger partial charge in [-0.05, 0) is 33.2 Å². The summed E-state index contributed by atoms with van der Waals surface area (Å²) in [5.41, 5.74) is 5.65. The molecule has 0 fully saturated rings. The van der Waals surface area contributed by atoms with Crippen molar-refractivity contribution in [3.63, 3.8) is 0 Å². The van der Waals surface area contributed by atoms with E-state index in [-0.39, 0.29) is 6.23 Å². The molecular weight excluding hydrogens is 290 g/mol. The highest BCUT2D eigenvalue weighted by Gasteiger charge is 2.29. The van der Waals surface area contributed by atoms with Crippen molar-refractivity contribution in [2.45, 2.75) is 13.2 Å². The van der Waals surface area contributed by atoms with Crippen molar-refractivity contribution in [1.29, 1.82) is 0 Å². The van der Waals surface area contributed by atoms with E-state index in [9.17, 15) is 0 Å². The van der Waals surface area contributed by atoms with Gasteiger partial charge in [-0.1, -0.05) is 18.2 Å². The van der Waals surface area contributed by atoms with Crippen molar-refractivity contribution in [2.24, 2.45) is 0 Å². The van der Waals surface area contributed by atoms with E-state index in [1.54, 1.807) is 0 Å². The fourth-order valence-electron chi connectivity index (χ4n) is 2.51. The van der Waals surface area contributed by atoms with E-state index in [2.05, 4.69) is 54.1 Å². The molecule has 0 saturated carbocycles. The Balaban J connectivity index is 1.83. The number of hydrazine groups is 1. The van der Waals surface area contributed by atoms with Crippen LogP contribution in [0.5, 0.6) is 0 Å². The predicted molar refractivity (Wildman–Crippen MR) is 95.0 cm³/mol. The third-order valence-corrected chi connectivity index (χ3v) is 3.79. The number of hydrogen-bond acceptors (Lipinski definition) is 6. The van der Waals surface area contributed by atoms with Gasteiger partial charge in [0.15, 0.2) is 6.23 Å². The lowest BCUT2D eigenvalue weighted by Crippen LogP contribution is -2.41. The summed E-state index contributed by atoms with van der Waals surface area (Å²) >= 11 is 0. The van der Waals surface area contributed by atoms with Crippen molar-refractivity contribution in [2.75, 3.05) is 52.4 Å². The molecule has 0 aliphatic carbocycles. The van der Waals surface area contributed by atoms with Crippen LogP contribution in [0.1, 0.15) is 6.92 Å². The molecule has 2 rings (SSSR count). The van der Waals surface area contributed by atoms with Gasteiger partial charge in [-0.3, -0.25) is 5.01 Å². The number of nitrogens with zero attached hydrogens (tertiary/aromatic N) is 2. The normalized spacial score (nSPS) is 18.1. The zero-order valence-electron chi connectivity index (χ0n) is 14.6. The highest BCUT2D eigenvalue weighted by molar-refractivity contribution is 5.53. The quantitative estimate of drug-likeness (QED) is 0.590. The van der Waals surface area contributed by atoms with E-state index >= 15 is 0 Å². The number of para-hydroxylation sites is 1. The lowest BCUT2D eigenvalue weighted by atomic mass is 10.2. The molecule has 1 heterocycles. The van der Waals surface area contributed by atoms with Crippen molar-refractivity contribution in [3.05, 3.63) is 41.7 Å². The number of nitrogens with one attached hydrogen (secondary N) is 3. The van der Waals surface area contributed by atoms with Crippen LogP contribution in [-0.2, 0) is 4.74 Å². The summed E-state index contributed by atoms with van der Waals surface area (Å²) in [5.74, 6) is 1.04. The molecule has 1 aromatic carbocycles. The van der Waals surface area contributed by atoms with Crippen LogP contribution in [-0.4, -0.2) is 58.5 Å². The van der Waals surface area contributed by atoms with Gasteiger partial charge in [-0.25, -0.2) is 0 Å². The van der Waals surface area contributed by atoms with Crippen LogP contribution in [0.15, 0.2) is 41.7 Å². The molecule has 0 saturated heterocycles. The minimum atomic E-state index is -0.103. The van der Waals surface area contributed by atoms with Gasteiger partial charge in [-0.2, -0.15) is 5.43 Å². The summed E-state index contributed by atoms with van der Waals surface area (Å²) in [7, 11) is 6.08. The van der Waals surface area contributed by atoms with Crippen LogP contribution >= 0.6 is 0 Å². The van der Waals surface area contributed by atoms with Crippen molar-refractivity contribution in [1.82, 2.24) is 21.0 Å². The van der Waals surface area contributed by atoms with E-state index in [0.717, 1.165) is 36.7 Å². The zero-order chi connectivity index (χ0) is 16.7. The highest BCUT2D eigenvalue weighted by atomic mass is 16.5. The van der Waals surface area contributed by atoms with Crippen LogP contribution in [0.4, 0.5) is 5.69 Å². The number of anilines is 1. The predicted octanol–water partition coefficient (Wildman–Crippen LogP) is 0.956. The number of likely N-dealkylation sites (N-methyl/N-ethyl adjacent to an activating group) is 1. The Labute approximate surface area is 139 Å². The largest absolute Gasteiger partial charge is 0.373 e. The van der Waals surface area contributed by atoms with Gasteiger partial charge in [0, 0.05) is 32.3 Å². The van der Waals surface area contributed by atoms with Crippen LogP contribution in [0.25, 0.3) is 0 Å². The number of benzene rings is 1. The molecule has 128 valence electrons. The molecule has 1 atom stereocenters. The summed E-state index contributed by atoms with van der Waals surface area (Å²) in [6, 6.07) is 10.2. The van der Waals surface area contributed by atoms with Crippen LogP contribution in [0.3, 0.4) is 0 Å². The van der Waals surface area contributed by atoms with Gasteiger partial charge < -0.3 is 20.3 Å². The van der Waals surface area contributed by atoms with Crippen molar-refractivity contribution in [3.8, 4) is 0 Å². The standard InChI is InChI=1S/C17H29N5O/c1-14-16(18-2)22(15-8-6-5-7-9-15)20-17(14)23-13-11-19-10-12-21(3)4/h5-9,17-20H,10-13H2,1-4H3. The minimum absolute atomic E-state index is 0.103. The molecule has 1 unspecified atom stereocenters. The maximum absolute atomic E-state index is 5.98. The molecular formula is C17H29N5O. The summed E-state index contributed by atoms with van der Waals surface area (Å²) < 4.78 is 5.98. The second-order valence-corrected chi connectivity index (χ2v) is 5.89. The Morgan fingerprint density at radius 1 is 1.22 bits per heavy atom. The SMILES string of the molecule is CNC1=C(C)C(OCCNCCN(C)C)NN1c1ccccc1. The van der Waals surface area contributed by atoms with Crippen LogP contribution < -0.4 is 21.1 Å². The first-order valence-corrected chi connectivity index (χ1v) is 8.10. The first-order valence-electron chi connectivity index (χ1n) is 8.10. The first kappa shape index (κ1) is 17.7. The van der Waals surface area contributed by atoms with Crippen LogP contribution in [0, 0.1) is 0 Å². The molecule has 1 aliphatic rings. The van der Waals surface area contributed by atoms with Gasteiger partial charge in [-0.15, -0.1) is 0 Å². The molecule has 0 aromatic heterocycles. The minimum Gasteiger partial charge on any atom is -0.373 e. The Morgan fingerprint density at radius 2 is 1.96 bits per heavy atom. The molecule has 3 N–H and O–H groups in total. The monoisotopic (exact) mass is 319 g/mol. The smallest absolute Gasteiger partial charge is 0.150 e. The van der Waals surface area contributed by atoms with Gasteiger partial charge >= 0.3 is 0 Å². The van der Waals surface area contributed by atoms with E-state index in [1.165, 1.54) is 0 Å². The topological polar surface area (TPSA) is 51.8 Å². The fourth-order valence-corrected chi connectivity index (χ4v) is 2.51. The van der Waals surface area contributed by atoms with E-state index in [0.29, 0.717) is 6.61 Å². The molecule has 0 spiro atoms. The molecule has 0 amide bonds. The molecule has 1 aromatic rings. The Hall–Kier alpha value is -1.60. The summed E-state index contributed by atoms with van der Waals surface area (Å²) in [6.45, 7) is 5.61. The summed E-state index contributed by atoms with van der Waals surface area (Å²) in [5, 5.41) is 8.68. The molecule has 6 nitrogen and oxygen atoms in total. The fraction of sp³-hybridized carbons (Fsp3) is 0.529. The maximum Gasteiger partial charge on any atom is 0.150 e. The first-order chi connectivity index (χ1) is 11.1. The average Bonchev–Trinajstić information content (AvgIpc) is 2.87.